The first-order valence-corrected chi connectivity index (χ1v) is 5.72. The average molecular weight is 235 g/mol. The van der Waals surface area contributed by atoms with Crippen molar-refractivity contribution in [1.29, 1.82) is 0 Å². The van der Waals surface area contributed by atoms with Crippen LogP contribution in [-0.2, 0) is 0 Å². The molecule has 0 radical (unpaired) electrons. The lowest BCUT2D eigenvalue weighted by Crippen LogP contribution is -2.35. The van der Waals surface area contributed by atoms with Gasteiger partial charge < -0.3 is 10.4 Å². The predicted molar refractivity (Wildman–Crippen MR) is 64.8 cm³/mol. The topological polar surface area (TPSA) is 75.3 Å². The number of aromatic nitrogens is 4. The van der Waals surface area contributed by atoms with Gasteiger partial charge in [0.05, 0.1) is 0 Å². The van der Waals surface area contributed by atoms with Crippen LogP contribution in [0.3, 0.4) is 0 Å². The molecule has 0 aliphatic heterocycles. The molecule has 2 heterocycles. The lowest BCUT2D eigenvalue weighted by molar-refractivity contribution is 0.252. The number of aliphatic hydroxyl groups is 1. The van der Waals surface area contributed by atoms with E-state index in [0.717, 1.165) is 6.42 Å². The minimum absolute atomic E-state index is 0.146. The SMILES string of the molecule is CCC(C)(CCO)Nc1nccn2cnnc12. The third kappa shape index (κ3) is 2.36. The molecule has 6 heteroatoms. The van der Waals surface area contributed by atoms with Crippen LogP contribution in [0.2, 0.25) is 0 Å². The number of aliphatic hydroxyl groups excluding tert-OH is 1. The molecule has 0 aliphatic rings. The van der Waals surface area contributed by atoms with Gasteiger partial charge in [-0.3, -0.25) is 4.40 Å². The normalized spacial score (nSPS) is 14.8. The molecule has 0 aromatic carbocycles. The molecule has 0 bridgehead atoms. The second-order valence-corrected chi connectivity index (χ2v) is 4.35. The summed E-state index contributed by atoms with van der Waals surface area (Å²) in [4.78, 5) is 4.28. The van der Waals surface area contributed by atoms with Crippen LogP contribution in [-0.4, -0.2) is 36.8 Å². The molecule has 17 heavy (non-hydrogen) atoms. The highest BCUT2D eigenvalue weighted by molar-refractivity contribution is 5.62. The summed E-state index contributed by atoms with van der Waals surface area (Å²) in [6, 6.07) is 0. The van der Waals surface area contributed by atoms with Gasteiger partial charge in [-0.05, 0) is 19.8 Å². The van der Waals surface area contributed by atoms with E-state index in [-0.39, 0.29) is 12.1 Å². The lowest BCUT2D eigenvalue weighted by Gasteiger charge is -2.29. The zero-order chi connectivity index (χ0) is 12.3. The molecule has 2 N–H and O–H groups in total. The zero-order valence-electron chi connectivity index (χ0n) is 10.1. The Morgan fingerprint density at radius 1 is 1.53 bits per heavy atom. The smallest absolute Gasteiger partial charge is 0.203 e. The van der Waals surface area contributed by atoms with E-state index in [1.54, 1.807) is 18.7 Å². The van der Waals surface area contributed by atoms with Gasteiger partial charge in [0.25, 0.3) is 0 Å². The maximum absolute atomic E-state index is 9.09. The van der Waals surface area contributed by atoms with Crippen LogP contribution in [0.5, 0.6) is 0 Å². The fourth-order valence-electron chi connectivity index (χ4n) is 1.71. The Morgan fingerprint density at radius 2 is 2.35 bits per heavy atom. The Balaban J connectivity index is 2.31. The van der Waals surface area contributed by atoms with Crippen molar-refractivity contribution in [3.63, 3.8) is 0 Å². The summed E-state index contributed by atoms with van der Waals surface area (Å²) in [5.41, 5.74) is 0.514. The number of rotatable bonds is 5. The van der Waals surface area contributed by atoms with Gasteiger partial charge in [-0.1, -0.05) is 6.92 Å². The fourth-order valence-corrected chi connectivity index (χ4v) is 1.71. The molecular weight excluding hydrogens is 218 g/mol. The quantitative estimate of drug-likeness (QED) is 0.811. The first kappa shape index (κ1) is 11.8. The number of fused-ring (bicyclic) bond motifs is 1. The Kier molecular flexibility index (Phi) is 3.23. The van der Waals surface area contributed by atoms with E-state index in [0.29, 0.717) is 17.9 Å². The molecule has 0 saturated heterocycles. The monoisotopic (exact) mass is 235 g/mol. The van der Waals surface area contributed by atoms with Gasteiger partial charge in [-0.2, -0.15) is 0 Å². The van der Waals surface area contributed by atoms with Crippen molar-refractivity contribution in [1.82, 2.24) is 19.6 Å². The Hall–Kier alpha value is -1.69. The minimum atomic E-state index is -0.185. The van der Waals surface area contributed by atoms with Crippen molar-refractivity contribution in [2.24, 2.45) is 0 Å². The molecule has 0 fully saturated rings. The van der Waals surface area contributed by atoms with Gasteiger partial charge >= 0.3 is 0 Å². The average Bonchev–Trinajstić information content (AvgIpc) is 2.78. The first-order valence-electron chi connectivity index (χ1n) is 5.72. The summed E-state index contributed by atoms with van der Waals surface area (Å²) in [5.74, 6) is 0.697. The zero-order valence-corrected chi connectivity index (χ0v) is 10.1. The summed E-state index contributed by atoms with van der Waals surface area (Å²) in [7, 11) is 0. The molecule has 92 valence electrons. The van der Waals surface area contributed by atoms with Gasteiger partial charge in [0.2, 0.25) is 5.65 Å². The Morgan fingerprint density at radius 3 is 3.06 bits per heavy atom. The van der Waals surface area contributed by atoms with E-state index in [1.165, 1.54) is 0 Å². The van der Waals surface area contributed by atoms with E-state index in [4.69, 9.17) is 5.11 Å². The summed E-state index contributed by atoms with van der Waals surface area (Å²) in [6.45, 7) is 4.28. The standard InChI is InChI=1S/C11H17N5O/c1-3-11(2,4-7-17)14-9-10-15-13-8-16(10)6-5-12-9/h5-6,8,17H,3-4,7H2,1-2H3,(H,12,14). The van der Waals surface area contributed by atoms with Crippen LogP contribution in [0.15, 0.2) is 18.7 Å². The van der Waals surface area contributed by atoms with Crippen LogP contribution in [0.1, 0.15) is 26.7 Å². The van der Waals surface area contributed by atoms with E-state index in [2.05, 4.69) is 34.3 Å². The molecule has 2 aromatic heterocycles. The van der Waals surface area contributed by atoms with Crippen molar-refractivity contribution in [3.8, 4) is 0 Å². The number of hydrogen-bond donors (Lipinski definition) is 2. The van der Waals surface area contributed by atoms with Gasteiger partial charge in [0.15, 0.2) is 5.82 Å². The summed E-state index contributed by atoms with van der Waals surface area (Å²) in [6.07, 6.45) is 6.70. The molecule has 0 spiro atoms. The third-order valence-electron chi connectivity index (χ3n) is 3.08. The van der Waals surface area contributed by atoms with Gasteiger partial charge in [0.1, 0.15) is 6.33 Å². The van der Waals surface area contributed by atoms with Crippen LogP contribution >= 0.6 is 0 Å². The van der Waals surface area contributed by atoms with Crippen LogP contribution in [0.25, 0.3) is 5.65 Å². The van der Waals surface area contributed by atoms with Crippen LogP contribution < -0.4 is 5.32 Å². The maximum atomic E-state index is 9.09. The predicted octanol–water partition coefficient (Wildman–Crippen LogP) is 1.09. The van der Waals surface area contributed by atoms with Crippen LogP contribution in [0, 0.1) is 0 Å². The van der Waals surface area contributed by atoms with Crippen molar-refractivity contribution in [2.75, 3.05) is 11.9 Å². The molecule has 0 amide bonds. The first-order chi connectivity index (χ1) is 8.18. The number of hydrogen-bond acceptors (Lipinski definition) is 5. The molecule has 6 nitrogen and oxygen atoms in total. The second-order valence-electron chi connectivity index (χ2n) is 4.35. The lowest BCUT2D eigenvalue weighted by atomic mass is 9.95. The van der Waals surface area contributed by atoms with Gasteiger partial charge in [-0.25, -0.2) is 4.98 Å². The molecular formula is C11H17N5O. The molecule has 1 atom stereocenters. The molecule has 2 rings (SSSR count). The summed E-state index contributed by atoms with van der Waals surface area (Å²) < 4.78 is 1.81. The van der Waals surface area contributed by atoms with E-state index < -0.39 is 0 Å². The van der Waals surface area contributed by atoms with Crippen molar-refractivity contribution in [3.05, 3.63) is 18.7 Å². The third-order valence-corrected chi connectivity index (χ3v) is 3.08. The largest absolute Gasteiger partial charge is 0.396 e. The highest BCUT2D eigenvalue weighted by Gasteiger charge is 2.22. The van der Waals surface area contributed by atoms with Crippen molar-refractivity contribution >= 4 is 11.5 Å². The van der Waals surface area contributed by atoms with E-state index in [9.17, 15) is 0 Å². The van der Waals surface area contributed by atoms with E-state index in [1.807, 2.05) is 4.40 Å². The highest BCUT2D eigenvalue weighted by atomic mass is 16.3. The second kappa shape index (κ2) is 4.67. The fraction of sp³-hybridized carbons (Fsp3) is 0.545. The highest BCUT2D eigenvalue weighted by Crippen LogP contribution is 2.22. The van der Waals surface area contributed by atoms with Crippen molar-refractivity contribution < 1.29 is 5.11 Å². The Labute approximate surface area is 99.7 Å². The van der Waals surface area contributed by atoms with Crippen molar-refractivity contribution in [2.45, 2.75) is 32.2 Å². The van der Waals surface area contributed by atoms with Gasteiger partial charge in [0, 0.05) is 24.5 Å². The molecule has 1 unspecified atom stereocenters. The number of nitrogens with one attached hydrogen (secondary N) is 1. The number of anilines is 1. The summed E-state index contributed by atoms with van der Waals surface area (Å²) >= 11 is 0. The minimum Gasteiger partial charge on any atom is -0.396 e. The molecule has 0 saturated carbocycles. The molecule has 2 aromatic rings. The number of nitrogens with zero attached hydrogens (tertiary/aromatic N) is 4. The Bertz CT molecular complexity index is 497. The maximum Gasteiger partial charge on any atom is 0.203 e. The van der Waals surface area contributed by atoms with Crippen LogP contribution in [0.4, 0.5) is 5.82 Å². The summed E-state index contributed by atoms with van der Waals surface area (Å²) in [5, 5.41) is 20.3. The molecule has 0 aliphatic carbocycles. The van der Waals surface area contributed by atoms with E-state index >= 15 is 0 Å². The van der Waals surface area contributed by atoms with Gasteiger partial charge in [-0.15, -0.1) is 10.2 Å².